The summed E-state index contributed by atoms with van der Waals surface area (Å²) in [6, 6.07) is 21.0. The molecule has 9 N–H and O–H groups in total. The van der Waals surface area contributed by atoms with Crippen molar-refractivity contribution >= 4 is 61.3 Å². The molecule has 4 aromatic carbocycles. The van der Waals surface area contributed by atoms with Crippen molar-refractivity contribution < 1.29 is 67.9 Å². The Bertz CT molecular complexity index is 3850. The topological polar surface area (TPSA) is 306 Å². The highest BCUT2D eigenvalue weighted by Gasteiger charge is 2.41. The molecule has 6 aromatic rings. The molecule has 0 spiro atoms. The summed E-state index contributed by atoms with van der Waals surface area (Å²) in [5, 5.41) is 17.8. The van der Waals surface area contributed by atoms with Crippen molar-refractivity contribution in [2.75, 3.05) is 50.7 Å². The van der Waals surface area contributed by atoms with Gasteiger partial charge >= 0.3 is 18.1 Å². The molecule has 87 heavy (non-hydrogen) atoms. The number of aromatic nitrogens is 2. The Morgan fingerprint density at radius 3 is 1.37 bits per heavy atom. The lowest BCUT2D eigenvalue weighted by Gasteiger charge is -2.22. The lowest BCUT2D eigenvalue weighted by Crippen LogP contribution is -2.39. The molecule has 462 valence electrons. The van der Waals surface area contributed by atoms with Gasteiger partial charge in [-0.05, 0) is 122 Å². The van der Waals surface area contributed by atoms with Crippen LogP contribution in [0.15, 0.2) is 107 Å². The van der Waals surface area contributed by atoms with Gasteiger partial charge in [0, 0.05) is 121 Å². The molecule has 4 heterocycles. The predicted molar refractivity (Wildman–Crippen MR) is 314 cm³/mol. The fraction of sp³-hybridized carbons (Fsp3) is 0.350. The lowest BCUT2D eigenvalue weighted by atomic mass is 9.94. The molecule has 2 aromatic heterocycles. The first-order valence-electron chi connectivity index (χ1n) is 28.1. The third-order valence-corrected chi connectivity index (χ3v) is 18.6. The largest absolute Gasteiger partial charge is 0.481 e. The number of carboxylic acid groups (broad SMARTS) is 1. The second-order valence-corrected chi connectivity index (χ2v) is 24.7. The van der Waals surface area contributed by atoms with Crippen molar-refractivity contribution in [3.63, 3.8) is 0 Å². The molecule has 4 amide bonds. The maximum Gasteiger partial charge on any atom is 0.471 e. The summed E-state index contributed by atoms with van der Waals surface area (Å²) < 4.78 is 124. The number of carbonyl (C=O) groups excluding carboxylic acids is 4. The molecular formula is C60H65F5N10O10S2. The Hall–Kier alpha value is -8.40. The van der Waals surface area contributed by atoms with Gasteiger partial charge in [-0.15, -0.1) is 0 Å². The zero-order chi connectivity index (χ0) is 63.0. The van der Waals surface area contributed by atoms with Crippen LogP contribution in [-0.4, -0.2) is 128 Å². The number of rotatable bonds is 20. The van der Waals surface area contributed by atoms with Gasteiger partial charge in [0.05, 0.1) is 9.79 Å². The van der Waals surface area contributed by atoms with E-state index in [1.165, 1.54) is 41.0 Å². The van der Waals surface area contributed by atoms with Crippen LogP contribution in [0.1, 0.15) is 97.1 Å². The highest BCUT2D eigenvalue weighted by molar-refractivity contribution is 7.89. The van der Waals surface area contributed by atoms with E-state index >= 15 is 8.78 Å². The molecule has 10 rings (SSSR count). The maximum atomic E-state index is 15.4. The molecule has 4 aliphatic rings. The van der Waals surface area contributed by atoms with Gasteiger partial charge in [0.25, 0.3) is 11.8 Å². The molecule has 20 nitrogen and oxygen atoms in total. The monoisotopic (exact) mass is 1240 g/mol. The average molecular weight is 1250 g/mol. The number of alkyl halides is 3. The minimum atomic E-state index is -5.03. The first kappa shape index (κ1) is 64.6. The number of halogens is 5. The van der Waals surface area contributed by atoms with Gasteiger partial charge in [0.15, 0.2) is 0 Å². The number of hydrogen-bond donors (Lipinski definition) is 7. The number of anilines is 2. The molecule has 0 bridgehead atoms. The molecule has 0 radical (unpaired) electrons. The van der Waals surface area contributed by atoms with Crippen LogP contribution in [0.2, 0.25) is 0 Å². The normalized spacial score (nSPS) is 14.7. The Kier molecular flexibility index (Phi) is 20.4. The minimum Gasteiger partial charge on any atom is -0.481 e. The second kappa shape index (κ2) is 27.5. The van der Waals surface area contributed by atoms with E-state index in [-0.39, 0.29) is 94.8 Å². The van der Waals surface area contributed by atoms with Crippen molar-refractivity contribution in [2.45, 2.75) is 106 Å². The van der Waals surface area contributed by atoms with Gasteiger partial charge in [-0.25, -0.2) is 35.6 Å². The van der Waals surface area contributed by atoms with Crippen LogP contribution in [0.4, 0.5) is 33.6 Å². The summed E-state index contributed by atoms with van der Waals surface area (Å²) in [6.07, 6.45) is 2.81. The highest BCUT2D eigenvalue weighted by atomic mass is 32.2. The van der Waals surface area contributed by atoms with E-state index in [1.807, 2.05) is 12.1 Å². The predicted octanol–water partition coefficient (Wildman–Crippen LogP) is 7.62. The Morgan fingerprint density at radius 2 is 1.00 bits per heavy atom. The first-order chi connectivity index (χ1) is 41.3. The Labute approximate surface area is 499 Å². The minimum absolute atomic E-state index is 0.0502. The molecule has 2 saturated carbocycles. The summed E-state index contributed by atoms with van der Waals surface area (Å²) in [4.78, 5) is 64.1. The standard InChI is InChI=1S/C29H32FN5O4S.C28H27F4N5O4S.C3H6O2/c1-2-27(36)32-11-3-13-35(21-5-6-21)40(38,39)22-7-9-23(26(30)16-22)20-15-25(28(31)34-17-20)18-4-8-24-19(14-18)10-12-33-29(24)37;29-24-14-20(42(40,41)37(19-3-4-19)11-1-9-35-27(39)28(30,31)32)5-7-21(24)18-13-23(25(33)36-15-18)16-2-6-22-17(12-16)8-10-34-26(22)38;1-2-3(4)5/h4,7-9,14-17,21H,2-3,5-6,10-13H2,1H3,(H2,31,34)(H,32,36)(H,33,37);2,5-7,12-15,19H,1,3-4,8-11H2,(H2,33,36)(H,34,38)(H,35,39);2H2,1H3,(H,4,5). The smallest absolute Gasteiger partial charge is 0.471 e. The maximum absolute atomic E-state index is 15.4. The quantitative estimate of drug-likeness (QED) is 0.0286. The van der Waals surface area contributed by atoms with Gasteiger partial charge in [-0.1, -0.05) is 50.2 Å². The Balaban J connectivity index is 0.000000210. The number of aliphatic carboxylic acids is 1. The van der Waals surface area contributed by atoms with Gasteiger partial charge in [0.2, 0.25) is 26.0 Å². The zero-order valence-electron chi connectivity index (χ0n) is 47.5. The fourth-order valence-corrected chi connectivity index (χ4v) is 13.3. The molecular weight excluding hydrogens is 1180 g/mol. The van der Waals surface area contributed by atoms with E-state index in [0.29, 0.717) is 97.1 Å². The van der Waals surface area contributed by atoms with Crippen LogP contribution >= 0.6 is 0 Å². The van der Waals surface area contributed by atoms with Gasteiger partial charge < -0.3 is 37.8 Å². The number of benzene rings is 4. The van der Waals surface area contributed by atoms with Crippen LogP contribution in [0.3, 0.4) is 0 Å². The fourth-order valence-electron chi connectivity index (χ4n) is 9.80. The third kappa shape index (κ3) is 15.8. The number of nitrogens with zero attached hydrogens (tertiary/aromatic N) is 4. The summed E-state index contributed by atoms with van der Waals surface area (Å²) in [7, 11) is -8.09. The summed E-state index contributed by atoms with van der Waals surface area (Å²) in [5.74, 6) is -4.25. The molecule has 0 saturated heterocycles. The average Bonchev–Trinajstić information content (AvgIpc) is 2.35. The SMILES string of the molecule is CCC(=O)NCCCN(C1CC1)S(=O)(=O)c1ccc(-c2cnc(N)c(-c3ccc4c(c3)CCNC4=O)c2)c(F)c1.CCC(=O)O.Nc1ncc(-c2ccc(S(=O)(=O)N(CCCNC(=O)C(F)(F)F)C3CC3)cc2F)cc1-c1ccc2c(c1)CCNC2=O. The molecule has 27 heteroatoms. The van der Waals surface area contributed by atoms with Crippen LogP contribution < -0.4 is 32.7 Å². The second-order valence-electron chi connectivity index (χ2n) is 21.0. The van der Waals surface area contributed by atoms with Crippen molar-refractivity contribution in [1.29, 1.82) is 0 Å². The van der Waals surface area contributed by atoms with E-state index in [1.54, 1.807) is 55.6 Å². The van der Waals surface area contributed by atoms with Crippen LogP contribution in [0.5, 0.6) is 0 Å². The van der Waals surface area contributed by atoms with Crippen molar-refractivity contribution in [1.82, 2.24) is 39.8 Å². The van der Waals surface area contributed by atoms with E-state index in [4.69, 9.17) is 16.6 Å². The summed E-state index contributed by atoms with van der Waals surface area (Å²) >= 11 is 0. The Morgan fingerprint density at radius 1 is 0.598 bits per heavy atom. The summed E-state index contributed by atoms with van der Waals surface area (Å²) in [5.41, 5.74) is 18.9. The van der Waals surface area contributed by atoms with Crippen LogP contribution in [-0.2, 0) is 47.3 Å². The molecule has 2 fully saturated rings. The molecule has 2 aliphatic heterocycles. The summed E-state index contributed by atoms with van der Waals surface area (Å²) in [6.45, 7) is 4.54. The lowest BCUT2D eigenvalue weighted by molar-refractivity contribution is -0.173. The highest BCUT2D eigenvalue weighted by Crippen LogP contribution is 2.38. The van der Waals surface area contributed by atoms with Gasteiger partial charge in [0.1, 0.15) is 23.3 Å². The van der Waals surface area contributed by atoms with Crippen molar-refractivity contribution in [2.24, 2.45) is 0 Å². The zero-order valence-corrected chi connectivity index (χ0v) is 49.1. The van der Waals surface area contributed by atoms with E-state index in [2.05, 4.69) is 25.9 Å². The van der Waals surface area contributed by atoms with E-state index in [0.717, 1.165) is 46.0 Å². The van der Waals surface area contributed by atoms with Crippen molar-refractivity contribution in [3.05, 3.63) is 131 Å². The van der Waals surface area contributed by atoms with Gasteiger partial charge in [-0.3, -0.25) is 24.0 Å². The number of pyridine rings is 2. The number of carbonyl (C=O) groups is 5. The molecule has 0 atom stereocenters. The number of amides is 4. The van der Waals surface area contributed by atoms with Gasteiger partial charge in [-0.2, -0.15) is 21.8 Å². The third-order valence-electron chi connectivity index (χ3n) is 14.7. The van der Waals surface area contributed by atoms with Crippen LogP contribution in [0, 0.1) is 11.6 Å². The molecule has 0 unspecified atom stereocenters. The van der Waals surface area contributed by atoms with E-state index < -0.39 is 49.7 Å². The number of carboxylic acids is 1. The number of nitrogens with one attached hydrogen (secondary N) is 4. The first-order valence-corrected chi connectivity index (χ1v) is 31.0. The number of sulfonamides is 2. The number of nitrogen functional groups attached to an aromatic ring is 2. The van der Waals surface area contributed by atoms with Crippen molar-refractivity contribution in [3.8, 4) is 44.5 Å². The number of fused-ring (bicyclic) bond motifs is 2. The molecule has 2 aliphatic carbocycles. The number of hydrogen-bond acceptors (Lipinski definition) is 13. The van der Waals surface area contributed by atoms with E-state index in [9.17, 15) is 54.0 Å². The number of nitrogens with two attached hydrogens (primary N) is 2. The van der Waals surface area contributed by atoms with Crippen LogP contribution in [0.25, 0.3) is 44.5 Å².